The maximum absolute atomic E-state index is 12.3. The zero-order valence-corrected chi connectivity index (χ0v) is 12.1. The third kappa shape index (κ3) is 5.24. The van der Waals surface area contributed by atoms with Gasteiger partial charge in [-0.25, -0.2) is 0 Å². The zero-order chi connectivity index (χ0) is 13.7. The first-order valence-corrected chi connectivity index (χ1v) is 6.70. The van der Waals surface area contributed by atoms with Gasteiger partial charge in [-0.15, -0.1) is 12.4 Å². The summed E-state index contributed by atoms with van der Waals surface area (Å²) in [5, 5.41) is 5.71. The van der Waals surface area contributed by atoms with Gasteiger partial charge in [0.15, 0.2) is 0 Å². The SMILES string of the molecule is Cl.O=C(Nc1cccc(SC(F)F)c1)C1COCCN1. The summed E-state index contributed by atoms with van der Waals surface area (Å²) in [6.45, 7) is 1.53. The molecule has 2 N–H and O–H groups in total. The Labute approximate surface area is 126 Å². The molecule has 20 heavy (non-hydrogen) atoms. The van der Waals surface area contributed by atoms with Crippen molar-refractivity contribution in [2.75, 3.05) is 25.1 Å². The van der Waals surface area contributed by atoms with Crippen molar-refractivity contribution in [3.63, 3.8) is 0 Å². The van der Waals surface area contributed by atoms with E-state index >= 15 is 0 Å². The van der Waals surface area contributed by atoms with Gasteiger partial charge in [-0.3, -0.25) is 4.79 Å². The molecule has 0 bridgehead atoms. The van der Waals surface area contributed by atoms with Gasteiger partial charge in [0, 0.05) is 17.1 Å². The lowest BCUT2D eigenvalue weighted by molar-refractivity contribution is -0.120. The van der Waals surface area contributed by atoms with Crippen LogP contribution in [-0.4, -0.2) is 37.5 Å². The number of hydrogen-bond donors (Lipinski definition) is 2. The Hall–Kier alpha value is -0.890. The van der Waals surface area contributed by atoms with Crippen LogP contribution >= 0.6 is 24.2 Å². The molecule has 0 spiro atoms. The second-order valence-corrected chi connectivity index (χ2v) is 5.04. The topological polar surface area (TPSA) is 50.4 Å². The minimum atomic E-state index is -2.47. The molecule has 4 nitrogen and oxygen atoms in total. The molecule has 2 rings (SSSR count). The summed E-state index contributed by atoms with van der Waals surface area (Å²) < 4.78 is 29.7. The first-order chi connectivity index (χ1) is 9.15. The summed E-state index contributed by atoms with van der Waals surface area (Å²) in [6, 6.07) is 6.00. The summed E-state index contributed by atoms with van der Waals surface area (Å²) in [6.07, 6.45) is 0. The minimum absolute atomic E-state index is 0. The van der Waals surface area contributed by atoms with Crippen molar-refractivity contribution in [3.8, 4) is 0 Å². The summed E-state index contributed by atoms with van der Waals surface area (Å²) in [7, 11) is 0. The number of anilines is 1. The highest BCUT2D eigenvalue weighted by atomic mass is 35.5. The van der Waals surface area contributed by atoms with Gasteiger partial charge in [0.25, 0.3) is 5.76 Å². The van der Waals surface area contributed by atoms with Gasteiger partial charge in [0.05, 0.1) is 13.2 Å². The maximum Gasteiger partial charge on any atom is 0.288 e. The molecule has 1 unspecified atom stereocenters. The zero-order valence-electron chi connectivity index (χ0n) is 10.5. The lowest BCUT2D eigenvalue weighted by Gasteiger charge is -2.22. The van der Waals surface area contributed by atoms with Crippen molar-refractivity contribution in [1.82, 2.24) is 5.32 Å². The van der Waals surface area contributed by atoms with E-state index in [1.54, 1.807) is 18.2 Å². The Bertz CT molecular complexity index is 445. The van der Waals surface area contributed by atoms with Gasteiger partial charge in [-0.1, -0.05) is 17.8 Å². The van der Waals surface area contributed by atoms with Crippen LogP contribution in [-0.2, 0) is 9.53 Å². The van der Waals surface area contributed by atoms with Crippen LogP contribution in [0.15, 0.2) is 29.2 Å². The normalized spacial score (nSPS) is 18.4. The maximum atomic E-state index is 12.3. The Balaban J connectivity index is 0.00000200. The van der Waals surface area contributed by atoms with Gasteiger partial charge in [-0.05, 0) is 18.2 Å². The first-order valence-electron chi connectivity index (χ1n) is 5.82. The van der Waals surface area contributed by atoms with Crippen LogP contribution in [0.4, 0.5) is 14.5 Å². The van der Waals surface area contributed by atoms with E-state index in [1.807, 2.05) is 0 Å². The smallest absolute Gasteiger partial charge is 0.288 e. The van der Waals surface area contributed by atoms with Crippen molar-refractivity contribution in [3.05, 3.63) is 24.3 Å². The number of ether oxygens (including phenoxy) is 1. The van der Waals surface area contributed by atoms with Gasteiger partial charge in [0.2, 0.25) is 5.91 Å². The molecule has 1 atom stereocenters. The third-order valence-electron chi connectivity index (χ3n) is 2.56. The van der Waals surface area contributed by atoms with Crippen LogP contribution in [0.2, 0.25) is 0 Å². The lowest BCUT2D eigenvalue weighted by Crippen LogP contribution is -2.48. The number of halogens is 3. The van der Waals surface area contributed by atoms with E-state index in [0.717, 1.165) is 0 Å². The van der Waals surface area contributed by atoms with Gasteiger partial charge >= 0.3 is 0 Å². The lowest BCUT2D eigenvalue weighted by atomic mass is 10.2. The number of hydrogen-bond acceptors (Lipinski definition) is 4. The van der Waals surface area contributed by atoms with E-state index in [2.05, 4.69) is 10.6 Å². The van der Waals surface area contributed by atoms with E-state index in [0.29, 0.717) is 42.1 Å². The minimum Gasteiger partial charge on any atom is -0.378 e. The fourth-order valence-corrected chi connectivity index (χ4v) is 2.27. The van der Waals surface area contributed by atoms with Crippen LogP contribution in [0.3, 0.4) is 0 Å². The first kappa shape index (κ1) is 17.2. The largest absolute Gasteiger partial charge is 0.378 e. The number of nitrogens with one attached hydrogen (secondary N) is 2. The van der Waals surface area contributed by atoms with Crippen molar-refractivity contribution in [1.29, 1.82) is 0 Å². The number of carbonyl (C=O) groups excluding carboxylic acids is 1. The number of morpholine rings is 1. The van der Waals surface area contributed by atoms with E-state index < -0.39 is 11.8 Å². The van der Waals surface area contributed by atoms with Crippen LogP contribution in [0.1, 0.15) is 0 Å². The Morgan fingerprint density at radius 3 is 2.95 bits per heavy atom. The third-order valence-corrected chi connectivity index (χ3v) is 3.27. The number of carbonyl (C=O) groups is 1. The molecule has 0 saturated carbocycles. The molecule has 1 fully saturated rings. The molecule has 1 aliphatic rings. The van der Waals surface area contributed by atoms with Crippen molar-refractivity contribution < 1.29 is 18.3 Å². The fraction of sp³-hybridized carbons (Fsp3) is 0.417. The molecule has 1 amide bonds. The molecule has 1 aromatic rings. The average molecular weight is 325 g/mol. The Kier molecular flexibility index (Phi) is 7.22. The molecule has 1 saturated heterocycles. The monoisotopic (exact) mass is 324 g/mol. The van der Waals surface area contributed by atoms with Crippen LogP contribution in [0.5, 0.6) is 0 Å². The molecule has 0 aromatic heterocycles. The van der Waals surface area contributed by atoms with Gasteiger partial charge < -0.3 is 15.4 Å². The number of benzene rings is 1. The van der Waals surface area contributed by atoms with Crippen molar-refractivity contribution in [2.24, 2.45) is 0 Å². The standard InChI is InChI=1S/C12H14F2N2O2S.ClH/c13-12(14)19-9-3-1-2-8(6-9)16-11(17)10-7-18-5-4-15-10;/h1-3,6,10,12,15H,4-5,7H2,(H,16,17);1H. The van der Waals surface area contributed by atoms with E-state index in [4.69, 9.17) is 4.74 Å². The number of amides is 1. The summed E-state index contributed by atoms with van der Waals surface area (Å²) in [4.78, 5) is 12.3. The second-order valence-electron chi connectivity index (χ2n) is 3.98. The van der Waals surface area contributed by atoms with E-state index in [-0.39, 0.29) is 18.3 Å². The fourth-order valence-electron chi connectivity index (χ4n) is 1.71. The molecule has 8 heteroatoms. The highest BCUT2D eigenvalue weighted by Crippen LogP contribution is 2.27. The molecule has 1 aliphatic heterocycles. The Morgan fingerprint density at radius 2 is 2.30 bits per heavy atom. The predicted molar refractivity (Wildman–Crippen MR) is 76.8 cm³/mol. The van der Waals surface area contributed by atoms with Crippen LogP contribution in [0.25, 0.3) is 0 Å². The van der Waals surface area contributed by atoms with Crippen molar-refractivity contribution >= 4 is 35.8 Å². The summed E-state index contributed by atoms with van der Waals surface area (Å²) in [5.74, 6) is -2.70. The molecule has 0 aliphatic carbocycles. The quantitative estimate of drug-likeness (QED) is 0.835. The number of alkyl halides is 2. The average Bonchev–Trinajstić information content (AvgIpc) is 2.39. The second kappa shape index (κ2) is 8.41. The molecular formula is C12H15ClF2N2O2S. The summed E-state index contributed by atoms with van der Waals surface area (Å²) >= 11 is 0.450. The molecule has 112 valence electrons. The van der Waals surface area contributed by atoms with Crippen molar-refractivity contribution in [2.45, 2.75) is 16.7 Å². The molecule has 1 heterocycles. The van der Waals surface area contributed by atoms with Gasteiger partial charge in [-0.2, -0.15) is 8.78 Å². The highest BCUT2D eigenvalue weighted by molar-refractivity contribution is 7.99. The van der Waals surface area contributed by atoms with E-state index in [1.165, 1.54) is 6.07 Å². The summed E-state index contributed by atoms with van der Waals surface area (Å²) in [5.41, 5.74) is 0.503. The van der Waals surface area contributed by atoms with Crippen LogP contribution in [0, 0.1) is 0 Å². The number of rotatable bonds is 4. The predicted octanol–water partition coefficient (Wildman–Crippen LogP) is 2.35. The molecular weight excluding hydrogens is 310 g/mol. The van der Waals surface area contributed by atoms with Gasteiger partial charge in [0.1, 0.15) is 6.04 Å². The molecule has 0 radical (unpaired) electrons. The Morgan fingerprint density at radius 1 is 1.50 bits per heavy atom. The van der Waals surface area contributed by atoms with E-state index in [9.17, 15) is 13.6 Å². The number of thioether (sulfide) groups is 1. The van der Waals surface area contributed by atoms with Crippen LogP contribution < -0.4 is 10.6 Å². The molecule has 1 aromatic carbocycles. The highest BCUT2D eigenvalue weighted by Gasteiger charge is 2.21.